The van der Waals surface area contributed by atoms with E-state index < -0.39 is 65.7 Å². The summed E-state index contributed by atoms with van der Waals surface area (Å²) in [5.41, 5.74) is 0.223. The molecule has 2 aliphatic carbocycles. The van der Waals surface area contributed by atoms with Crippen molar-refractivity contribution in [2.45, 2.75) is 43.7 Å². The highest BCUT2D eigenvalue weighted by Crippen LogP contribution is 2.68. The number of amides is 1. The highest BCUT2D eigenvalue weighted by atomic mass is 79.9. The predicted molar refractivity (Wildman–Crippen MR) is 127 cm³/mol. The Morgan fingerprint density at radius 3 is 2.63 bits per heavy atom. The van der Waals surface area contributed by atoms with E-state index in [1.54, 1.807) is 18.3 Å². The van der Waals surface area contributed by atoms with Crippen LogP contribution in [0.5, 0.6) is 0 Å². The van der Waals surface area contributed by atoms with Crippen molar-refractivity contribution >= 4 is 32.9 Å². The molecule has 3 aromatic heterocycles. The van der Waals surface area contributed by atoms with Crippen molar-refractivity contribution in [3.05, 3.63) is 80.8 Å². The standard InChI is InChI=1S/C25H18BrF6N5O/c26-15-8-17-16(1-2-33-17)35-21(15)18(5-10-3-11(27)6-12(28)4-10)34-19(38)9-37-23-20(22(36-37)24(29)30)13-7-14(13)25(23,31)32/h1-4,6,8,13-14,18,24,33H,5,7,9H2,(H,34,38)/t13-,14+,18?/m0/s1. The number of carbonyl (C=O) groups excluding carboxylic acids is 1. The first-order valence-corrected chi connectivity index (χ1v) is 12.5. The monoisotopic (exact) mass is 597 g/mol. The maximum absolute atomic E-state index is 14.9. The van der Waals surface area contributed by atoms with Crippen LogP contribution < -0.4 is 5.32 Å². The molecule has 1 aromatic carbocycles. The smallest absolute Gasteiger partial charge is 0.293 e. The Labute approximate surface area is 219 Å². The average molecular weight is 598 g/mol. The molecule has 2 N–H and O–H groups in total. The molecule has 6 rings (SSSR count). The Balaban J connectivity index is 1.33. The van der Waals surface area contributed by atoms with E-state index in [2.05, 4.69) is 36.3 Å². The van der Waals surface area contributed by atoms with Gasteiger partial charge in [-0.1, -0.05) is 0 Å². The molecular weight excluding hydrogens is 580 g/mol. The number of hydrogen-bond acceptors (Lipinski definition) is 3. The van der Waals surface area contributed by atoms with Crippen LogP contribution in [0.25, 0.3) is 11.0 Å². The molecule has 1 amide bonds. The van der Waals surface area contributed by atoms with E-state index in [9.17, 15) is 31.1 Å². The number of benzene rings is 1. The van der Waals surface area contributed by atoms with Gasteiger partial charge in [0.25, 0.3) is 12.3 Å². The minimum absolute atomic E-state index is 0.0955. The third-order valence-corrected chi connectivity index (χ3v) is 7.64. The molecule has 0 bridgehead atoms. The summed E-state index contributed by atoms with van der Waals surface area (Å²) in [5, 5.41) is 6.35. The van der Waals surface area contributed by atoms with Gasteiger partial charge in [-0.3, -0.25) is 9.48 Å². The molecule has 3 atom stereocenters. The lowest BCUT2D eigenvalue weighted by molar-refractivity contribution is -0.123. The second kappa shape index (κ2) is 8.85. The summed E-state index contributed by atoms with van der Waals surface area (Å²) in [6.07, 6.45) is -1.40. The van der Waals surface area contributed by atoms with Crippen LogP contribution in [-0.2, 0) is 23.7 Å². The number of nitrogens with one attached hydrogen (secondary N) is 2. The number of rotatable bonds is 7. The van der Waals surface area contributed by atoms with Crippen molar-refractivity contribution < 1.29 is 31.1 Å². The summed E-state index contributed by atoms with van der Waals surface area (Å²) in [5.74, 6) is -7.56. The first kappa shape index (κ1) is 25.0. The Kier molecular flexibility index (Phi) is 5.82. The van der Waals surface area contributed by atoms with Crippen LogP contribution in [0.4, 0.5) is 26.3 Å². The third kappa shape index (κ3) is 4.16. The van der Waals surface area contributed by atoms with Crippen molar-refractivity contribution in [3.63, 3.8) is 0 Å². The Morgan fingerprint density at radius 2 is 1.92 bits per heavy atom. The molecule has 13 heteroatoms. The molecular formula is C25H18BrF6N5O. The SMILES string of the molecule is O=C(Cn1nc(C(F)F)c2c1C(F)(F)[C@@H]1C[C@H]21)NC(Cc1cc(F)cc(F)c1)c1nc2cc[nH]c2cc1Br. The summed E-state index contributed by atoms with van der Waals surface area (Å²) >= 11 is 3.41. The lowest BCUT2D eigenvalue weighted by Crippen LogP contribution is -2.35. The molecule has 0 radical (unpaired) electrons. The van der Waals surface area contributed by atoms with Crippen LogP contribution in [0.15, 0.2) is 41.0 Å². The topological polar surface area (TPSA) is 75.6 Å². The van der Waals surface area contributed by atoms with Crippen molar-refractivity contribution in [1.82, 2.24) is 25.1 Å². The number of nitrogens with zero attached hydrogens (tertiary/aromatic N) is 3. The minimum Gasteiger partial charge on any atom is -0.360 e. The highest BCUT2D eigenvalue weighted by Gasteiger charge is 2.67. The first-order valence-electron chi connectivity index (χ1n) is 11.7. The minimum atomic E-state index is -3.37. The predicted octanol–water partition coefficient (Wildman–Crippen LogP) is 6.05. The van der Waals surface area contributed by atoms with Crippen LogP contribution in [-0.4, -0.2) is 25.7 Å². The highest BCUT2D eigenvalue weighted by molar-refractivity contribution is 9.10. The van der Waals surface area contributed by atoms with Gasteiger partial charge in [0.05, 0.1) is 22.8 Å². The van der Waals surface area contributed by atoms with Gasteiger partial charge >= 0.3 is 0 Å². The summed E-state index contributed by atoms with van der Waals surface area (Å²) in [6.45, 7) is -0.748. The second-order valence-electron chi connectivity index (χ2n) is 9.55. The third-order valence-electron chi connectivity index (χ3n) is 7.00. The fraction of sp³-hybridized carbons (Fsp3) is 0.320. The molecule has 0 saturated heterocycles. The maximum Gasteiger partial charge on any atom is 0.293 e. The number of alkyl halides is 4. The molecule has 198 valence electrons. The number of carbonyl (C=O) groups is 1. The van der Waals surface area contributed by atoms with Gasteiger partial charge in [0.15, 0.2) is 0 Å². The van der Waals surface area contributed by atoms with Crippen LogP contribution in [0.3, 0.4) is 0 Å². The summed E-state index contributed by atoms with van der Waals surface area (Å²) in [7, 11) is 0. The summed E-state index contributed by atoms with van der Waals surface area (Å²) in [6, 6.07) is 5.37. The summed E-state index contributed by atoms with van der Waals surface area (Å²) < 4.78 is 85.9. The van der Waals surface area contributed by atoms with E-state index in [0.717, 1.165) is 12.1 Å². The van der Waals surface area contributed by atoms with Crippen LogP contribution in [0.1, 0.15) is 53.0 Å². The van der Waals surface area contributed by atoms with Crippen molar-refractivity contribution in [2.24, 2.45) is 5.92 Å². The fourth-order valence-electron chi connectivity index (χ4n) is 5.35. The van der Waals surface area contributed by atoms with Crippen LogP contribution in [0.2, 0.25) is 0 Å². The largest absolute Gasteiger partial charge is 0.360 e. The molecule has 1 fully saturated rings. The zero-order chi connectivity index (χ0) is 26.9. The molecule has 1 unspecified atom stereocenters. The molecule has 0 spiro atoms. The number of H-pyrrole nitrogens is 1. The number of hydrogen-bond donors (Lipinski definition) is 2. The summed E-state index contributed by atoms with van der Waals surface area (Å²) in [4.78, 5) is 20.7. The molecule has 4 aromatic rings. The molecule has 3 heterocycles. The quantitative estimate of drug-likeness (QED) is 0.255. The van der Waals surface area contributed by atoms with Gasteiger partial charge in [0, 0.05) is 28.2 Å². The van der Waals surface area contributed by atoms with Crippen LogP contribution in [0, 0.1) is 17.6 Å². The van der Waals surface area contributed by atoms with Crippen molar-refractivity contribution in [3.8, 4) is 0 Å². The number of aromatic nitrogens is 4. The second-order valence-corrected chi connectivity index (χ2v) is 10.4. The number of fused-ring (bicyclic) bond motifs is 4. The van der Waals surface area contributed by atoms with Crippen molar-refractivity contribution in [1.29, 1.82) is 0 Å². The van der Waals surface area contributed by atoms with E-state index >= 15 is 0 Å². The Morgan fingerprint density at radius 1 is 1.18 bits per heavy atom. The molecule has 1 saturated carbocycles. The average Bonchev–Trinajstić information content (AvgIpc) is 3.24. The zero-order valence-corrected chi connectivity index (χ0v) is 20.9. The first-order chi connectivity index (χ1) is 18.0. The molecule has 6 nitrogen and oxygen atoms in total. The van der Waals surface area contributed by atoms with Crippen LogP contribution >= 0.6 is 15.9 Å². The Bertz CT molecular complexity index is 1560. The lowest BCUT2D eigenvalue weighted by atomic mass is 10.0. The van der Waals surface area contributed by atoms with E-state index in [0.29, 0.717) is 31.9 Å². The van der Waals surface area contributed by atoms with E-state index in [1.165, 1.54) is 0 Å². The maximum atomic E-state index is 14.9. The van der Waals surface area contributed by atoms with E-state index in [-0.39, 0.29) is 24.0 Å². The molecule has 0 aliphatic heterocycles. The normalized spacial score (nSPS) is 20.0. The zero-order valence-electron chi connectivity index (χ0n) is 19.3. The molecule has 38 heavy (non-hydrogen) atoms. The van der Waals surface area contributed by atoms with Crippen molar-refractivity contribution in [2.75, 3.05) is 0 Å². The van der Waals surface area contributed by atoms with Gasteiger partial charge in [-0.2, -0.15) is 13.9 Å². The number of aromatic amines is 1. The van der Waals surface area contributed by atoms with Gasteiger partial charge in [-0.25, -0.2) is 22.5 Å². The number of pyridine rings is 1. The van der Waals surface area contributed by atoms with Gasteiger partial charge in [0.1, 0.15) is 29.6 Å². The fourth-order valence-corrected chi connectivity index (χ4v) is 5.94. The van der Waals surface area contributed by atoms with Gasteiger partial charge in [-0.15, -0.1) is 0 Å². The van der Waals surface area contributed by atoms with E-state index in [4.69, 9.17) is 0 Å². The van der Waals surface area contributed by atoms with Gasteiger partial charge < -0.3 is 10.3 Å². The lowest BCUT2D eigenvalue weighted by Gasteiger charge is -2.21. The van der Waals surface area contributed by atoms with E-state index in [1.807, 2.05) is 0 Å². The van der Waals surface area contributed by atoms with Gasteiger partial charge in [0.2, 0.25) is 5.91 Å². The Hall–Kier alpha value is -3.35. The number of halogens is 7. The molecule has 2 aliphatic rings. The van der Waals surface area contributed by atoms with Gasteiger partial charge in [-0.05, 0) is 64.5 Å².